The number of halogens is 2. The number of aliphatic carboxylic acids is 1. The van der Waals surface area contributed by atoms with Gasteiger partial charge in [0.1, 0.15) is 6.04 Å². The first-order chi connectivity index (χ1) is 12.3. The molecule has 4 N–H and O–H groups in total. The second-order valence-electron chi connectivity index (χ2n) is 6.23. The zero-order valence-electron chi connectivity index (χ0n) is 13.9. The maximum Gasteiger partial charge on any atom is 0.327 e. The van der Waals surface area contributed by atoms with Crippen molar-refractivity contribution in [1.29, 1.82) is 0 Å². The maximum atomic E-state index is 12.9. The molecule has 0 aliphatic carbocycles. The van der Waals surface area contributed by atoms with Crippen molar-refractivity contribution in [3.63, 3.8) is 0 Å². The molecule has 2 unspecified atom stereocenters. The first kappa shape index (κ1) is 18.5. The van der Waals surface area contributed by atoms with E-state index in [9.17, 15) is 14.7 Å². The van der Waals surface area contributed by atoms with E-state index in [1.54, 1.807) is 6.07 Å². The van der Waals surface area contributed by atoms with Gasteiger partial charge < -0.3 is 10.4 Å². The molecule has 0 saturated heterocycles. The zero-order valence-corrected chi connectivity index (χ0v) is 15.4. The minimum Gasteiger partial charge on any atom is -0.480 e. The van der Waals surface area contributed by atoms with Crippen LogP contribution in [-0.2, 0) is 9.59 Å². The second-order valence-corrected chi connectivity index (χ2v) is 7.07. The number of carbonyl (C=O) groups excluding carboxylic acids is 1. The fourth-order valence-corrected chi connectivity index (χ4v) is 3.78. The molecular weight excluding hydrogens is 377 g/mol. The third-order valence-corrected chi connectivity index (χ3v) is 4.91. The van der Waals surface area contributed by atoms with Crippen LogP contribution in [-0.4, -0.2) is 23.0 Å². The van der Waals surface area contributed by atoms with E-state index < -0.39 is 17.9 Å². The van der Waals surface area contributed by atoms with Gasteiger partial charge in [0, 0.05) is 21.3 Å². The van der Waals surface area contributed by atoms with Crippen molar-refractivity contribution in [2.24, 2.45) is 5.84 Å². The highest BCUT2D eigenvalue weighted by molar-refractivity contribution is 6.36. The van der Waals surface area contributed by atoms with Crippen molar-refractivity contribution in [2.45, 2.75) is 25.3 Å². The Hall–Kier alpha value is -2.28. The lowest BCUT2D eigenvalue weighted by Gasteiger charge is -2.37. The summed E-state index contributed by atoms with van der Waals surface area (Å²) in [7, 11) is 0. The van der Waals surface area contributed by atoms with Gasteiger partial charge in [0.05, 0.1) is 11.6 Å². The normalized spacial score (nSPS) is 19.0. The van der Waals surface area contributed by atoms with Crippen LogP contribution < -0.4 is 16.2 Å². The summed E-state index contributed by atoms with van der Waals surface area (Å²) in [6, 6.07) is 9.31. The number of rotatable bonds is 3. The molecule has 1 aliphatic heterocycles. The summed E-state index contributed by atoms with van der Waals surface area (Å²) in [4.78, 5) is 24.5. The Morgan fingerprint density at radius 1 is 1.27 bits per heavy atom. The zero-order chi connectivity index (χ0) is 19.0. The number of hydrogen-bond donors (Lipinski definition) is 3. The van der Waals surface area contributed by atoms with Gasteiger partial charge in [0.2, 0.25) is 5.91 Å². The van der Waals surface area contributed by atoms with E-state index in [0.29, 0.717) is 22.0 Å². The van der Waals surface area contributed by atoms with E-state index in [1.165, 1.54) is 12.1 Å². The molecule has 2 aromatic carbocycles. The van der Waals surface area contributed by atoms with Gasteiger partial charge in [-0.3, -0.25) is 9.80 Å². The number of hydrazine groups is 1. The van der Waals surface area contributed by atoms with E-state index in [4.69, 9.17) is 29.0 Å². The van der Waals surface area contributed by atoms with Gasteiger partial charge in [-0.15, -0.1) is 0 Å². The Labute approximate surface area is 160 Å². The largest absolute Gasteiger partial charge is 0.480 e. The number of carboxylic acid groups (broad SMARTS) is 1. The van der Waals surface area contributed by atoms with E-state index in [-0.39, 0.29) is 17.4 Å². The van der Waals surface area contributed by atoms with Gasteiger partial charge in [0.15, 0.2) is 0 Å². The number of amides is 1. The first-order valence-electron chi connectivity index (χ1n) is 7.91. The summed E-state index contributed by atoms with van der Waals surface area (Å²) in [6.07, 6.45) is -0.00215. The number of nitrogens with two attached hydrogens (primary N) is 1. The van der Waals surface area contributed by atoms with Crippen LogP contribution >= 0.6 is 23.2 Å². The van der Waals surface area contributed by atoms with Gasteiger partial charge in [-0.05, 0) is 43.2 Å². The van der Waals surface area contributed by atoms with Crippen LogP contribution in [0, 0.1) is 6.92 Å². The molecule has 2 aromatic rings. The average Bonchev–Trinajstić information content (AvgIpc) is 2.55. The quantitative estimate of drug-likeness (QED) is 0.692. The predicted molar refractivity (Wildman–Crippen MR) is 102 cm³/mol. The van der Waals surface area contributed by atoms with Gasteiger partial charge >= 0.3 is 5.97 Å². The molecule has 26 heavy (non-hydrogen) atoms. The van der Waals surface area contributed by atoms with Crippen molar-refractivity contribution in [2.75, 3.05) is 10.3 Å². The van der Waals surface area contributed by atoms with Crippen LogP contribution in [0.1, 0.15) is 23.5 Å². The molecule has 0 saturated carbocycles. The Kier molecular flexibility index (Phi) is 5.09. The predicted octanol–water partition coefficient (Wildman–Crippen LogP) is 3.56. The van der Waals surface area contributed by atoms with Crippen LogP contribution in [0.25, 0.3) is 0 Å². The summed E-state index contributed by atoms with van der Waals surface area (Å²) < 4.78 is 0. The molecule has 0 fully saturated rings. The van der Waals surface area contributed by atoms with Crippen LogP contribution in [0.15, 0.2) is 36.4 Å². The summed E-state index contributed by atoms with van der Waals surface area (Å²) in [5.74, 6) is 3.73. The summed E-state index contributed by atoms with van der Waals surface area (Å²) in [5.41, 5.74) is 2.43. The number of benzene rings is 2. The lowest BCUT2D eigenvalue weighted by molar-refractivity contribution is -0.139. The lowest BCUT2D eigenvalue weighted by Crippen LogP contribution is -2.51. The minimum atomic E-state index is -1.12. The first-order valence-corrected chi connectivity index (χ1v) is 8.66. The minimum absolute atomic E-state index is 0.00215. The van der Waals surface area contributed by atoms with Gasteiger partial charge in [-0.2, -0.15) is 0 Å². The van der Waals surface area contributed by atoms with Gasteiger partial charge in [-0.25, -0.2) is 10.6 Å². The number of anilines is 2. The van der Waals surface area contributed by atoms with Gasteiger partial charge in [-0.1, -0.05) is 35.3 Å². The highest BCUT2D eigenvalue weighted by Gasteiger charge is 2.40. The van der Waals surface area contributed by atoms with Crippen LogP contribution in [0.3, 0.4) is 0 Å². The Bertz CT molecular complexity index is 888. The topological polar surface area (TPSA) is 95.7 Å². The number of fused-ring (bicyclic) bond motifs is 1. The number of carbonyl (C=O) groups is 2. The molecule has 8 heteroatoms. The van der Waals surface area contributed by atoms with Crippen LogP contribution in [0.5, 0.6) is 0 Å². The third kappa shape index (κ3) is 3.49. The monoisotopic (exact) mass is 393 g/mol. The molecule has 1 heterocycles. The van der Waals surface area contributed by atoms with E-state index in [2.05, 4.69) is 5.32 Å². The molecule has 0 radical (unpaired) electrons. The van der Waals surface area contributed by atoms with E-state index >= 15 is 0 Å². The number of aryl methyl sites for hydroxylation is 1. The molecule has 2 atom stereocenters. The summed E-state index contributed by atoms with van der Waals surface area (Å²) in [6.45, 7) is 1.91. The van der Waals surface area contributed by atoms with Crippen molar-refractivity contribution in [3.8, 4) is 0 Å². The highest BCUT2D eigenvalue weighted by Crippen LogP contribution is 2.43. The van der Waals surface area contributed by atoms with Crippen molar-refractivity contribution < 1.29 is 14.7 Å². The van der Waals surface area contributed by atoms with Crippen LogP contribution in [0.2, 0.25) is 10.0 Å². The molecule has 3 rings (SSSR count). The van der Waals surface area contributed by atoms with E-state index in [0.717, 1.165) is 10.6 Å². The maximum absolute atomic E-state index is 12.9. The molecule has 1 amide bonds. The fourth-order valence-electron chi connectivity index (χ4n) is 3.16. The molecule has 0 aromatic heterocycles. The smallest absolute Gasteiger partial charge is 0.327 e. The SMILES string of the molecule is Cc1cccc(NC(=O)C2CC(C(=O)O)N(N)c3cc(Cl)cc(Cl)c32)c1. The molecule has 6 nitrogen and oxygen atoms in total. The highest BCUT2D eigenvalue weighted by atomic mass is 35.5. The number of hydrogen-bond acceptors (Lipinski definition) is 4. The number of nitrogens with zero attached hydrogens (tertiary/aromatic N) is 1. The van der Waals surface area contributed by atoms with Crippen LogP contribution in [0.4, 0.5) is 11.4 Å². The second kappa shape index (κ2) is 7.15. The fraction of sp³-hybridized carbons (Fsp3) is 0.222. The lowest BCUT2D eigenvalue weighted by atomic mass is 9.85. The Morgan fingerprint density at radius 2 is 2.00 bits per heavy atom. The van der Waals surface area contributed by atoms with Crippen molar-refractivity contribution in [3.05, 3.63) is 57.6 Å². The Morgan fingerprint density at radius 3 is 2.65 bits per heavy atom. The summed E-state index contributed by atoms with van der Waals surface area (Å²) >= 11 is 12.3. The average molecular weight is 394 g/mol. The molecule has 0 spiro atoms. The third-order valence-electron chi connectivity index (χ3n) is 4.38. The molecule has 0 bridgehead atoms. The Balaban J connectivity index is 2.02. The standard InChI is InChI=1S/C18H17Cl2N3O3/c1-9-3-2-4-11(5-9)22-17(24)12-8-15(18(25)26)23(21)14-7-10(19)6-13(20)16(12)14/h2-7,12,15H,8,21H2,1H3,(H,22,24)(H,25,26). The molecular formula is C18H17Cl2N3O3. The van der Waals surface area contributed by atoms with Gasteiger partial charge in [0.25, 0.3) is 0 Å². The number of nitrogens with one attached hydrogen (secondary N) is 1. The molecule has 1 aliphatic rings. The van der Waals surface area contributed by atoms with Crippen molar-refractivity contribution in [1.82, 2.24) is 0 Å². The summed E-state index contributed by atoms with van der Waals surface area (Å²) in [5, 5.41) is 14.0. The van der Waals surface area contributed by atoms with E-state index in [1.807, 2.05) is 25.1 Å². The van der Waals surface area contributed by atoms with Crippen molar-refractivity contribution >= 4 is 46.5 Å². The molecule has 136 valence electrons. The number of carboxylic acids is 1.